The first-order valence-corrected chi connectivity index (χ1v) is 7.09. The fourth-order valence-corrected chi connectivity index (χ4v) is 3.28. The second kappa shape index (κ2) is 4.21. The summed E-state index contributed by atoms with van der Waals surface area (Å²) in [5, 5.41) is 0. The van der Waals surface area contributed by atoms with Gasteiger partial charge in [-0.1, -0.05) is 6.92 Å². The molecule has 104 valence electrons. The Balaban J connectivity index is 1.93. The Morgan fingerprint density at radius 3 is 3.15 bits per heavy atom. The third-order valence-corrected chi connectivity index (χ3v) is 4.24. The standard InChI is InChI=1S/C14H18N6/c1-2-10-5-9(15)8-19(10)13-7-17-12-6-18-14-11(20(12)13)3-4-16-14/h3-4,6-7,9-10,16H,2,5,8,15H2,1H3/t9-,10+/m0/s1. The van der Waals surface area contributed by atoms with Crippen LogP contribution in [0.4, 0.5) is 5.82 Å². The van der Waals surface area contributed by atoms with Gasteiger partial charge in [0.1, 0.15) is 5.82 Å². The van der Waals surface area contributed by atoms with Crippen LogP contribution in [0.2, 0.25) is 0 Å². The summed E-state index contributed by atoms with van der Waals surface area (Å²) in [6, 6.07) is 2.78. The van der Waals surface area contributed by atoms with Crippen LogP contribution in [0, 0.1) is 0 Å². The topological polar surface area (TPSA) is 75.2 Å². The van der Waals surface area contributed by atoms with Crippen LogP contribution in [0.1, 0.15) is 19.8 Å². The van der Waals surface area contributed by atoms with Gasteiger partial charge in [-0.3, -0.25) is 4.40 Å². The third-order valence-electron chi connectivity index (χ3n) is 4.24. The number of nitrogens with zero attached hydrogens (tertiary/aromatic N) is 4. The fraction of sp³-hybridized carbons (Fsp3) is 0.429. The maximum Gasteiger partial charge on any atom is 0.157 e. The molecule has 0 spiro atoms. The van der Waals surface area contributed by atoms with Crippen LogP contribution in [0.25, 0.3) is 16.8 Å². The first-order valence-electron chi connectivity index (χ1n) is 7.09. The van der Waals surface area contributed by atoms with Gasteiger partial charge in [-0.2, -0.15) is 0 Å². The fourth-order valence-electron chi connectivity index (χ4n) is 3.28. The van der Waals surface area contributed by atoms with Gasteiger partial charge < -0.3 is 15.6 Å². The Morgan fingerprint density at radius 1 is 1.40 bits per heavy atom. The van der Waals surface area contributed by atoms with Crippen molar-refractivity contribution < 1.29 is 0 Å². The zero-order valence-corrected chi connectivity index (χ0v) is 11.5. The number of aromatic amines is 1. The van der Waals surface area contributed by atoms with Gasteiger partial charge >= 0.3 is 0 Å². The highest BCUT2D eigenvalue weighted by atomic mass is 15.3. The van der Waals surface area contributed by atoms with Crippen molar-refractivity contribution in [2.24, 2.45) is 5.73 Å². The molecule has 0 aliphatic carbocycles. The van der Waals surface area contributed by atoms with Gasteiger partial charge in [0, 0.05) is 24.8 Å². The lowest BCUT2D eigenvalue weighted by Crippen LogP contribution is -2.31. The van der Waals surface area contributed by atoms with Crippen molar-refractivity contribution >= 4 is 22.6 Å². The third kappa shape index (κ3) is 1.54. The first-order chi connectivity index (χ1) is 9.78. The monoisotopic (exact) mass is 270 g/mol. The van der Waals surface area contributed by atoms with Crippen LogP contribution < -0.4 is 10.6 Å². The second-order valence-electron chi connectivity index (χ2n) is 5.49. The molecule has 1 fully saturated rings. The molecule has 3 aromatic heterocycles. The maximum absolute atomic E-state index is 6.14. The molecule has 3 N–H and O–H groups in total. The lowest BCUT2D eigenvalue weighted by atomic mass is 10.1. The van der Waals surface area contributed by atoms with E-state index in [1.165, 1.54) is 0 Å². The van der Waals surface area contributed by atoms with E-state index in [9.17, 15) is 0 Å². The van der Waals surface area contributed by atoms with Gasteiger partial charge in [0.15, 0.2) is 11.3 Å². The summed E-state index contributed by atoms with van der Waals surface area (Å²) in [6.07, 6.45) is 7.80. The number of hydrogen-bond acceptors (Lipinski definition) is 4. The Morgan fingerprint density at radius 2 is 2.30 bits per heavy atom. The van der Waals surface area contributed by atoms with Gasteiger partial charge in [-0.15, -0.1) is 0 Å². The minimum absolute atomic E-state index is 0.244. The number of nitrogens with two attached hydrogens (primary N) is 1. The van der Waals surface area contributed by atoms with Gasteiger partial charge in [-0.25, -0.2) is 9.97 Å². The summed E-state index contributed by atoms with van der Waals surface area (Å²) >= 11 is 0. The smallest absolute Gasteiger partial charge is 0.157 e. The number of hydrogen-bond donors (Lipinski definition) is 2. The van der Waals surface area contributed by atoms with E-state index >= 15 is 0 Å². The summed E-state index contributed by atoms with van der Waals surface area (Å²) in [5.41, 5.74) is 8.96. The minimum atomic E-state index is 0.244. The summed E-state index contributed by atoms with van der Waals surface area (Å²) < 4.78 is 2.17. The largest absolute Gasteiger partial charge is 0.352 e. The molecule has 20 heavy (non-hydrogen) atoms. The van der Waals surface area contributed by atoms with E-state index in [2.05, 4.69) is 31.2 Å². The summed E-state index contributed by atoms with van der Waals surface area (Å²) in [4.78, 5) is 14.4. The summed E-state index contributed by atoms with van der Waals surface area (Å²) in [7, 11) is 0. The Labute approximate surface area is 116 Å². The first kappa shape index (κ1) is 11.7. The molecule has 6 nitrogen and oxygen atoms in total. The highest BCUT2D eigenvalue weighted by Crippen LogP contribution is 2.29. The van der Waals surface area contributed by atoms with Gasteiger partial charge in [0.25, 0.3) is 0 Å². The molecule has 0 radical (unpaired) electrons. The van der Waals surface area contributed by atoms with E-state index in [-0.39, 0.29) is 6.04 Å². The number of anilines is 1. The van der Waals surface area contributed by atoms with Crippen LogP contribution >= 0.6 is 0 Å². The lowest BCUT2D eigenvalue weighted by molar-refractivity contribution is 0.621. The molecule has 0 bridgehead atoms. The quantitative estimate of drug-likeness (QED) is 0.740. The zero-order valence-electron chi connectivity index (χ0n) is 11.5. The normalized spacial score (nSPS) is 23.2. The predicted octanol–water partition coefficient (Wildman–Crippen LogP) is 1.53. The van der Waals surface area contributed by atoms with Crippen molar-refractivity contribution in [2.45, 2.75) is 31.8 Å². The van der Waals surface area contributed by atoms with Crippen molar-refractivity contribution in [3.63, 3.8) is 0 Å². The number of nitrogens with one attached hydrogen (secondary N) is 1. The Bertz CT molecular complexity index is 757. The van der Waals surface area contributed by atoms with Crippen molar-refractivity contribution in [3.05, 3.63) is 24.7 Å². The molecule has 4 rings (SSSR count). The molecule has 0 amide bonds. The van der Waals surface area contributed by atoms with Crippen LogP contribution in [-0.2, 0) is 0 Å². The number of aromatic nitrogens is 4. The van der Waals surface area contributed by atoms with E-state index in [0.717, 1.165) is 42.0 Å². The Kier molecular flexibility index (Phi) is 2.47. The molecule has 3 aromatic rings. The molecule has 1 aliphatic heterocycles. The summed E-state index contributed by atoms with van der Waals surface area (Å²) in [6.45, 7) is 3.10. The predicted molar refractivity (Wildman–Crippen MR) is 78.9 cm³/mol. The molecule has 2 atom stereocenters. The van der Waals surface area contributed by atoms with Crippen molar-refractivity contribution in [3.8, 4) is 0 Å². The average Bonchev–Trinajstić information content (AvgIpc) is 3.13. The molecule has 0 unspecified atom stereocenters. The number of rotatable bonds is 2. The van der Waals surface area contributed by atoms with E-state index in [1.54, 1.807) is 6.20 Å². The number of fused-ring (bicyclic) bond motifs is 3. The molecule has 4 heterocycles. The molecule has 1 saturated heterocycles. The van der Waals surface area contributed by atoms with Gasteiger partial charge in [-0.05, 0) is 18.9 Å². The minimum Gasteiger partial charge on any atom is -0.352 e. The zero-order chi connectivity index (χ0) is 13.7. The summed E-state index contributed by atoms with van der Waals surface area (Å²) in [5.74, 6) is 1.12. The molecule has 6 heteroatoms. The molecular formula is C14H18N6. The number of H-pyrrole nitrogens is 1. The number of imidazole rings is 1. The highest BCUT2D eigenvalue weighted by Gasteiger charge is 2.30. The van der Waals surface area contributed by atoms with Crippen LogP contribution in [0.3, 0.4) is 0 Å². The van der Waals surface area contributed by atoms with E-state index in [1.807, 2.05) is 18.5 Å². The average molecular weight is 270 g/mol. The van der Waals surface area contributed by atoms with E-state index < -0.39 is 0 Å². The second-order valence-corrected chi connectivity index (χ2v) is 5.49. The van der Waals surface area contributed by atoms with Gasteiger partial charge in [0.2, 0.25) is 0 Å². The molecule has 1 aliphatic rings. The maximum atomic E-state index is 6.14. The lowest BCUT2D eigenvalue weighted by Gasteiger charge is -2.24. The van der Waals surface area contributed by atoms with Crippen LogP contribution in [0.15, 0.2) is 24.7 Å². The van der Waals surface area contributed by atoms with Crippen LogP contribution in [0.5, 0.6) is 0 Å². The Hall–Kier alpha value is -2.08. The van der Waals surface area contributed by atoms with Crippen molar-refractivity contribution in [2.75, 3.05) is 11.4 Å². The van der Waals surface area contributed by atoms with Crippen molar-refractivity contribution in [1.29, 1.82) is 0 Å². The van der Waals surface area contributed by atoms with Gasteiger partial charge in [0.05, 0.1) is 17.9 Å². The van der Waals surface area contributed by atoms with E-state index in [0.29, 0.717) is 6.04 Å². The highest BCUT2D eigenvalue weighted by molar-refractivity contribution is 5.77. The SMILES string of the molecule is CC[C@@H]1C[C@H](N)CN1c1cnc2cnc3[nH]ccc3n12. The molecule has 0 saturated carbocycles. The van der Waals surface area contributed by atoms with E-state index in [4.69, 9.17) is 5.73 Å². The van der Waals surface area contributed by atoms with Crippen LogP contribution in [-0.4, -0.2) is 38.0 Å². The molecular weight excluding hydrogens is 252 g/mol. The van der Waals surface area contributed by atoms with Crippen molar-refractivity contribution in [1.82, 2.24) is 19.4 Å². The molecule has 0 aromatic carbocycles.